The SMILES string of the molecule is COCCO[C@@H]1[C@H](OC(=O)c2ccc(C)cc2)[C@@H](COC(=O)c2ccc(C)cc2)O[C@H]1n1cnc2c(OCc3ccccc3)nc(NC(=O)C(C)C)nc21. The van der Waals surface area contributed by atoms with Crippen LogP contribution in [0.1, 0.15) is 57.5 Å². The molecule has 0 spiro atoms. The number of aryl methyl sites for hydroxylation is 2. The highest BCUT2D eigenvalue weighted by atomic mass is 16.6. The Balaban J connectivity index is 1.38. The largest absolute Gasteiger partial charge is 0.471 e. The molecule has 2 aromatic heterocycles. The Labute approximate surface area is 312 Å². The summed E-state index contributed by atoms with van der Waals surface area (Å²) in [7, 11) is 1.54. The van der Waals surface area contributed by atoms with Gasteiger partial charge in [0, 0.05) is 13.0 Å². The summed E-state index contributed by atoms with van der Waals surface area (Å²) in [6, 6.07) is 23.4. The lowest BCUT2D eigenvalue weighted by Crippen LogP contribution is -2.40. The number of esters is 2. The second kappa shape index (κ2) is 17.4. The Bertz CT molecular complexity index is 2050. The third-order valence-electron chi connectivity index (χ3n) is 8.72. The van der Waals surface area contributed by atoms with Gasteiger partial charge in [-0.1, -0.05) is 79.6 Å². The maximum absolute atomic E-state index is 13.6. The number of methoxy groups -OCH3 is 1. The number of nitrogens with one attached hydrogen (secondary N) is 1. The lowest BCUT2D eigenvalue weighted by molar-refractivity contribution is -0.118. The van der Waals surface area contributed by atoms with Gasteiger partial charge in [0.15, 0.2) is 23.5 Å². The van der Waals surface area contributed by atoms with E-state index in [2.05, 4.69) is 20.3 Å². The van der Waals surface area contributed by atoms with Crippen LogP contribution in [0, 0.1) is 19.8 Å². The van der Waals surface area contributed by atoms with Crippen LogP contribution in [0.25, 0.3) is 11.2 Å². The first-order valence-corrected chi connectivity index (χ1v) is 17.6. The number of hydrogen-bond acceptors (Lipinski definition) is 12. The van der Waals surface area contributed by atoms with Crippen LogP contribution in [0.5, 0.6) is 5.88 Å². The number of rotatable bonds is 15. The molecule has 3 aromatic carbocycles. The van der Waals surface area contributed by atoms with Gasteiger partial charge in [-0.2, -0.15) is 9.97 Å². The monoisotopic (exact) mass is 737 g/mol. The summed E-state index contributed by atoms with van der Waals surface area (Å²) < 4.78 is 37.8. The van der Waals surface area contributed by atoms with E-state index in [9.17, 15) is 14.4 Å². The molecule has 0 aliphatic carbocycles. The van der Waals surface area contributed by atoms with Crippen molar-refractivity contribution in [3.05, 3.63) is 113 Å². The van der Waals surface area contributed by atoms with Gasteiger partial charge in [0.1, 0.15) is 25.4 Å². The number of imidazole rings is 1. The van der Waals surface area contributed by atoms with Crippen LogP contribution in [0.2, 0.25) is 0 Å². The third-order valence-corrected chi connectivity index (χ3v) is 8.72. The van der Waals surface area contributed by atoms with Crippen molar-refractivity contribution in [2.45, 2.75) is 58.8 Å². The number of fused-ring (bicyclic) bond motifs is 1. The Morgan fingerprint density at radius 2 is 1.52 bits per heavy atom. The Morgan fingerprint density at radius 1 is 0.852 bits per heavy atom. The van der Waals surface area contributed by atoms with Gasteiger partial charge >= 0.3 is 11.9 Å². The van der Waals surface area contributed by atoms with Crippen LogP contribution in [0.4, 0.5) is 5.95 Å². The molecule has 1 fully saturated rings. The number of hydrogen-bond donors (Lipinski definition) is 1. The number of anilines is 1. The average Bonchev–Trinajstić information content (AvgIpc) is 3.74. The van der Waals surface area contributed by atoms with Gasteiger partial charge in [0.2, 0.25) is 17.7 Å². The van der Waals surface area contributed by atoms with Crippen molar-refractivity contribution in [3.63, 3.8) is 0 Å². The zero-order valence-corrected chi connectivity index (χ0v) is 30.8. The smallest absolute Gasteiger partial charge is 0.338 e. The van der Waals surface area contributed by atoms with Crippen molar-refractivity contribution >= 4 is 35.0 Å². The van der Waals surface area contributed by atoms with Gasteiger partial charge in [-0.25, -0.2) is 14.6 Å². The van der Waals surface area contributed by atoms with Gasteiger partial charge in [-0.05, 0) is 43.7 Å². The normalized spacial score (nSPS) is 18.1. The van der Waals surface area contributed by atoms with Crippen molar-refractivity contribution in [1.29, 1.82) is 0 Å². The van der Waals surface area contributed by atoms with E-state index in [0.29, 0.717) is 11.1 Å². The molecule has 3 heterocycles. The lowest BCUT2D eigenvalue weighted by atomic mass is 10.1. The highest BCUT2D eigenvalue weighted by Crippen LogP contribution is 2.37. The molecule has 1 aliphatic heterocycles. The van der Waals surface area contributed by atoms with Crippen molar-refractivity contribution in [3.8, 4) is 5.88 Å². The van der Waals surface area contributed by atoms with Crippen LogP contribution in [-0.4, -0.2) is 82.6 Å². The first-order chi connectivity index (χ1) is 26.1. The minimum Gasteiger partial charge on any atom is -0.471 e. The summed E-state index contributed by atoms with van der Waals surface area (Å²) in [5.41, 5.74) is 4.07. The van der Waals surface area contributed by atoms with E-state index in [1.807, 2.05) is 68.4 Å². The fraction of sp³-hybridized carbons (Fsp3) is 0.350. The second-order valence-corrected chi connectivity index (χ2v) is 13.2. The highest BCUT2D eigenvalue weighted by Gasteiger charge is 2.50. The van der Waals surface area contributed by atoms with Crippen molar-refractivity contribution in [1.82, 2.24) is 19.5 Å². The first kappa shape index (κ1) is 38.0. The fourth-order valence-corrected chi connectivity index (χ4v) is 5.68. The Morgan fingerprint density at radius 3 is 2.17 bits per heavy atom. The molecule has 0 unspecified atom stereocenters. The quantitative estimate of drug-likeness (QED) is 0.104. The van der Waals surface area contributed by atoms with Crippen molar-refractivity contribution in [2.75, 3.05) is 32.2 Å². The zero-order valence-electron chi connectivity index (χ0n) is 30.8. The second-order valence-electron chi connectivity index (χ2n) is 13.2. The molecule has 6 rings (SSSR count). The Kier molecular flexibility index (Phi) is 12.3. The number of benzene rings is 3. The number of carbonyl (C=O) groups is 3. The predicted octanol–water partition coefficient (Wildman–Crippen LogP) is 5.63. The topological polar surface area (TPSA) is 162 Å². The van der Waals surface area contributed by atoms with Gasteiger partial charge in [0.05, 0.1) is 30.7 Å². The summed E-state index contributed by atoms with van der Waals surface area (Å²) in [6.07, 6.45) is -2.55. The summed E-state index contributed by atoms with van der Waals surface area (Å²) in [4.78, 5) is 53.3. The molecule has 0 bridgehead atoms. The molecule has 1 amide bonds. The van der Waals surface area contributed by atoms with E-state index in [1.165, 1.54) is 6.33 Å². The standard InChI is InChI=1S/C40H43N5O9/c1-24(2)35(46)43-40-42-34-31(36(44-40)51-21-27-9-7-6-8-10-27)41-23-45(34)37-33(50-20-19-49-5)32(54-39(48)29-17-13-26(4)14-18-29)30(53-37)22-52-38(47)28-15-11-25(3)12-16-28/h6-18,23-24,30,32-33,37H,19-22H2,1-5H3,(H,42,43,44,46)/t30-,32-,33-,37-/m1/s1. The number of aromatic nitrogens is 4. The van der Waals surface area contributed by atoms with Crippen molar-refractivity contribution < 1.29 is 42.8 Å². The molecule has 0 radical (unpaired) electrons. The van der Waals surface area contributed by atoms with Crippen molar-refractivity contribution in [2.24, 2.45) is 5.92 Å². The molecule has 14 nitrogen and oxygen atoms in total. The van der Waals surface area contributed by atoms with E-state index < -0.39 is 36.5 Å². The number of carbonyl (C=O) groups excluding carboxylic acids is 3. The molecular formula is C40H43N5O9. The van der Waals surface area contributed by atoms with Gasteiger partial charge in [-0.15, -0.1) is 0 Å². The molecular weight excluding hydrogens is 694 g/mol. The minimum atomic E-state index is -1.07. The molecule has 4 atom stereocenters. The Hall–Kier alpha value is -5.70. The maximum Gasteiger partial charge on any atom is 0.338 e. The number of amides is 1. The molecule has 1 aliphatic rings. The fourth-order valence-electron chi connectivity index (χ4n) is 5.68. The molecule has 14 heteroatoms. The number of nitrogens with zero attached hydrogens (tertiary/aromatic N) is 4. The van der Waals surface area contributed by atoms with E-state index in [0.717, 1.165) is 16.7 Å². The molecule has 1 saturated heterocycles. The van der Waals surface area contributed by atoms with E-state index in [-0.39, 0.29) is 61.2 Å². The lowest BCUT2D eigenvalue weighted by Gasteiger charge is -2.25. The zero-order chi connectivity index (χ0) is 38.2. The first-order valence-electron chi connectivity index (χ1n) is 17.6. The van der Waals surface area contributed by atoms with E-state index in [1.54, 1.807) is 49.8 Å². The van der Waals surface area contributed by atoms with Crippen LogP contribution in [0.3, 0.4) is 0 Å². The van der Waals surface area contributed by atoms with E-state index in [4.69, 9.17) is 28.4 Å². The molecule has 5 aromatic rings. The van der Waals surface area contributed by atoms with Crippen LogP contribution in [-0.2, 0) is 35.1 Å². The summed E-state index contributed by atoms with van der Waals surface area (Å²) >= 11 is 0. The average molecular weight is 738 g/mol. The number of ether oxygens (including phenoxy) is 6. The van der Waals surface area contributed by atoms with Gasteiger partial charge < -0.3 is 28.4 Å². The third kappa shape index (κ3) is 9.08. The minimum absolute atomic E-state index is 0.00760. The summed E-state index contributed by atoms with van der Waals surface area (Å²) in [6.45, 7) is 7.57. The highest BCUT2D eigenvalue weighted by molar-refractivity contribution is 5.92. The van der Waals surface area contributed by atoms with Crippen LogP contribution >= 0.6 is 0 Å². The molecule has 0 saturated carbocycles. The van der Waals surface area contributed by atoms with Gasteiger partial charge in [0.25, 0.3) is 0 Å². The molecule has 282 valence electrons. The predicted molar refractivity (Wildman–Crippen MR) is 197 cm³/mol. The summed E-state index contributed by atoms with van der Waals surface area (Å²) in [5.74, 6) is -1.73. The molecule has 54 heavy (non-hydrogen) atoms. The van der Waals surface area contributed by atoms with Gasteiger partial charge in [-0.3, -0.25) is 14.7 Å². The van der Waals surface area contributed by atoms with E-state index >= 15 is 0 Å². The van der Waals surface area contributed by atoms with Crippen LogP contribution in [0.15, 0.2) is 85.2 Å². The molecule has 1 N–H and O–H groups in total. The van der Waals surface area contributed by atoms with Crippen LogP contribution < -0.4 is 10.1 Å². The summed E-state index contributed by atoms with van der Waals surface area (Å²) in [5, 5.41) is 2.75. The maximum atomic E-state index is 13.6.